The molecule has 0 saturated heterocycles. The van der Waals surface area contributed by atoms with E-state index in [1.54, 1.807) is 12.1 Å². The van der Waals surface area contributed by atoms with Crippen LogP contribution in [-0.2, 0) is 10.0 Å². The molecule has 0 amide bonds. The molecule has 1 fully saturated rings. The van der Waals surface area contributed by atoms with Crippen LogP contribution in [0.3, 0.4) is 0 Å². The van der Waals surface area contributed by atoms with Crippen LogP contribution >= 0.6 is 0 Å². The van der Waals surface area contributed by atoms with Crippen molar-refractivity contribution in [2.24, 2.45) is 5.92 Å². The Kier molecular flexibility index (Phi) is 5.39. The molecule has 5 nitrogen and oxygen atoms in total. The van der Waals surface area contributed by atoms with Gasteiger partial charge in [-0.25, -0.2) is 13.1 Å². The van der Waals surface area contributed by atoms with Crippen LogP contribution in [0.15, 0.2) is 29.2 Å². The maximum atomic E-state index is 12.0. The van der Waals surface area contributed by atoms with E-state index in [0.29, 0.717) is 31.2 Å². The fraction of sp³-hybridized carbons (Fsp3) is 0.571. The fourth-order valence-corrected chi connectivity index (χ4v) is 2.90. The van der Waals surface area contributed by atoms with E-state index in [1.165, 1.54) is 25.0 Å². The van der Waals surface area contributed by atoms with Crippen LogP contribution in [0.1, 0.15) is 25.7 Å². The minimum atomic E-state index is -3.42. The molecule has 1 aromatic rings. The molecule has 2 rings (SSSR count). The zero-order valence-corrected chi connectivity index (χ0v) is 12.2. The first-order valence-electron chi connectivity index (χ1n) is 6.95. The summed E-state index contributed by atoms with van der Waals surface area (Å²) in [6.45, 7) is 1.00. The van der Waals surface area contributed by atoms with Gasteiger partial charge in [0.25, 0.3) is 0 Å². The van der Waals surface area contributed by atoms with Crippen molar-refractivity contribution in [2.75, 3.05) is 19.8 Å². The number of aliphatic hydroxyl groups is 1. The second kappa shape index (κ2) is 7.06. The van der Waals surface area contributed by atoms with Crippen LogP contribution < -0.4 is 9.46 Å². The van der Waals surface area contributed by atoms with Crippen LogP contribution in [0.4, 0.5) is 0 Å². The topological polar surface area (TPSA) is 75.6 Å². The summed E-state index contributed by atoms with van der Waals surface area (Å²) >= 11 is 0. The van der Waals surface area contributed by atoms with Crippen molar-refractivity contribution in [1.29, 1.82) is 0 Å². The molecule has 0 atom stereocenters. The molecule has 0 radical (unpaired) electrons. The van der Waals surface area contributed by atoms with Crippen molar-refractivity contribution >= 4 is 10.0 Å². The normalized spacial score (nSPS) is 15.2. The summed E-state index contributed by atoms with van der Waals surface area (Å²) in [5.41, 5.74) is 0. The van der Waals surface area contributed by atoms with Crippen LogP contribution in [0.5, 0.6) is 5.75 Å². The van der Waals surface area contributed by atoms with Crippen molar-refractivity contribution in [3.8, 4) is 5.75 Å². The number of sulfonamides is 1. The van der Waals surface area contributed by atoms with E-state index >= 15 is 0 Å². The van der Waals surface area contributed by atoms with Crippen LogP contribution in [0, 0.1) is 5.92 Å². The third-order valence-corrected chi connectivity index (χ3v) is 4.72. The van der Waals surface area contributed by atoms with Gasteiger partial charge in [0.2, 0.25) is 10.0 Å². The molecule has 0 aliphatic heterocycles. The first-order valence-corrected chi connectivity index (χ1v) is 8.43. The molecule has 0 aromatic heterocycles. The monoisotopic (exact) mass is 299 g/mol. The SMILES string of the molecule is O=S(=O)(NCCC1CC1)c1ccc(OCCCO)cc1. The number of rotatable bonds is 9. The second-order valence-electron chi connectivity index (χ2n) is 5.03. The molecule has 2 N–H and O–H groups in total. The van der Waals surface area contributed by atoms with Crippen LogP contribution in [0.25, 0.3) is 0 Å². The van der Waals surface area contributed by atoms with E-state index in [0.717, 1.165) is 6.42 Å². The lowest BCUT2D eigenvalue weighted by Gasteiger charge is -2.08. The lowest BCUT2D eigenvalue weighted by atomic mass is 10.3. The zero-order chi connectivity index (χ0) is 14.4. The third-order valence-electron chi connectivity index (χ3n) is 3.25. The summed E-state index contributed by atoms with van der Waals surface area (Å²) in [5.74, 6) is 1.32. The van der Waals surface area contributed by atoms with Gasteiger partial charge >= 0.3 is 0 Å². The molecule has 112 valence electrons. The number of ether oxygens (including phenoxy) is 1. The molecule has 0 bridgehead atoms. The average Bonchev–Trinajstić information content (AvgIpc) is 3.24. The summed E-state index contributed by atoms with van der Waals surface area (Å²) in [4.78, 5) is 0.253. The summed E-state index contributed by atoms with van der Waals surface area (Å²) in [5, 5.41) is 8.65. The van der Waals surface area contributed by atoms with Gasteiger partial charge in [0.1, 0.15) is 5.75 Å². The number of aliphatic hydroxyl groups excluding tert-OH is 1. The highest BCUT2D eigenvalue weighted by Gasteiger charge is 2.22. The maximum absolute atomic E-state index is 12.0. The predicted molar refractivity (Wildman–Crippen MR) is 76.2 cm³/mol. The van der Waals surface area contributed by atoms with E-state index in [4.69, 9.17) is 9.84 Å². The molecular weight excluding hydrogens is 278 g/mol. The largest absolute Gasteiger partial charge is 0.494 e. The molecule has 1 aliphatic rings. The number of nitrogens with one attached hydrogen (secondary N) is 1. The smallest absolute Gasteiger partial charge is 0.240 e. The van der Waals surface area contributed by atoms with Crippen molar-refractivity contribution < 1.29 is 18.3 Å². The van der Waals surface area contributed by atoms with E-state index in [-0.39, 0.29) is 11.5 Å². The Morgan fingerprint density at radius 1 is 1.25 bits per heavy atom. The molecule has 1 aliphatic carbocycles. The Bertz CT molecular complexity index is 508. The summed E-state index contributed by atoms with van der Waals surface area (Å²) in [7, 11) is -3.42. The second-order valence-corrected chi connectivity index (χ2v) is 6.79. The van der Waals surface area contributed by atoms with Crippen molar-refractivity contribution in [3.05, 3.63) is 24.3 Å². The van der Waals surface area contributed by atoms with Gasteiger partial charge in [-0.2, -0.15) is 0 Å². The zero-order valence-electron chi connectivity index (χ0n) is 11.4. The summed E-state index contributed by atoms with van der Waals surface area (Å²) < 4.78 is 32.0. The highest BCUT2D eigenvalue weighted by atomic mass is 32.2. The molecular formula is C14H21NO4S. The molecule has 0 spiro atoms. The van der Waals surface area contributed by atoms with Crippen molar-refractivity contribution in [1.82, 2.24) is 4.72 Å². The van der Waals surface area contributed by atoms with Gasteiger partial charge in [-0.1, -0.05) is 12.8 Å². The molecule has 0 unspecified atom stereocenters. The summed E-state index contributed by atoms with van der Waals surface area (Å²) in [6.07, 6.45) is 3.92. The molecule has 0 heterocycles. The van der Waals surface area contributed by atoms with E-state index < -0.39 is 10.0 Å². The number of benzene rings is 1. The molecule has 20 heavy (non-hydrogen) atoms. The van der Waals surface area contributed by atoms with E-state index in [1.807, 2.05) is 0 Å². The Morgan fingerprint density at radius 3 is 2.55 bits per heavy atom. The summed E-state index contributed by atoms with van der Waals surface area (Å²) in [6, 6.07) is 6.33. The number of hydrogen-bond donors (Lipinski definition) is 2. The van der Waals surface area contributed by atoms with Crippen molar-refractivity contribution in [3.63, 3.8) is 0 Å². The van der Waals surface area contributed by atoms with E-state index in [9.17, 15) is 8.42 Å². The molecule has 1 aromatic carbocycles. The maximum Gasteiger partial charge on any atom is 0.240 e. The average molecular weight is 299 g/mol. The Labute approximate surface area is 120 Å². The van der Waals surface area contributed by atoms with Gasteiger partial charge in [0, 0.05) is 19.6 Å². The first kappa shape index (κ1) is 15.3. The lowest BCUT2D eigenvalue weighted by molar-refractivity contribution is 0.233. The van der Waals surface area contributed by atoms with Gasteiger partial charge < -0.3 is 9.84 Å². The Hall–Kier alpha value is -1.11. The van der Waals surface area contributed by atoms with Crippen molar-refractivity contribution in [2.45, 2.75) is 30.6 Å². The van der Waals surface area contributed by atoms with Gasteiger partial charge in [0.05, 0.1) is 11.5 Å². The van der Waals surface area contributed by atoms with Gasteiger partial charge in [-0.3, -0.25) is 0 Å². The third kappa shape index (κ3) is 4.77. The number of hydrogen-bond acceptors (Lipinski definition) is 4. The van der Waals surface area contributed by atoms with Gasteiger partial charge in [-0.05, 0) is 36.6 Å². The minimum absolute atomic E-state index is 0.0807. The fourth-order valence-electron chi connectivity index (χ4n) is 1.86. The Morgan fingerprint density at radius 2 is 1.95 bits per heavy atom. The first-order chi connectivity index (χ1) is 9.62. The quantitative estimate of drug-likeness (QED) is 0.678. The predicted octanol–water partition coefficient (Wildman–Crippen LogP) is 1.53. The van der Waals surface area contributed by atoms with Gasteiger partial charge in [-0.15, -0.1) is 0 Å². The van der Waals surface area contributed by atoms with Crippen LogP contribution in [-0.4, -0.2) is 33.3 Å². The highest BCUT2D eigenvalue weighted by molar-refractivity contribution is 7.89. The Balaban J connectivity index is 1.86. The standard InChI is InChI=1S/C14H21NO4S/c16-10-1-11-19-13-4-6-14(7-5-13)20(17,18)15-9-8-12-2-3-12/h4-7,12,15-16H,1-3,8-11H2. The molecule has 1 saturated carbocycles. The molecule has 6 heteroatoms. The van der Waals surface area contributed by atoms with Crippen LogP contribution in [0.2, 0.25) is 0 Å². The lowest BCUT2D eigenvalue weighted by Crippen LogP contribution is -2.25. The van der Waals surface area contributed by atoms with Gasteiger partial charge in [0.15, 0.2) is 0 Å². The highest BCUT2D eigenvalue weighted by Crippen LogP contribution is 2.31. The van der Waals surface area contributed by atoms with E-state index in [2.05, 4.69) is 4.72 Å². The minimum Gasteiger partial charge on any atom is -0.494 e.